The molecule has 1 aliphatic carbocycles. The molecule has 4 heteroatoms. The number of benzene rings is 1. The number of hydrogen-bond acceptors (Lipinski definition) is 3. The largest absolute Gasteiger partial charge is 0.469 e. The van der Waals surface area contributed by atoms with E-state index in [0.717, 1.165) is 30.3 Å². The lowest BCUT2D eigenvalue weighted by molar-refractivity contribution is -0.158. The topological polar surface area (TPSA) is 38.3 Å². The van der Waals surface area contributed by atoms with Crippen molar-refractivity contribution in [2.75, 3.05) is 13.7 Å². The molecule has 0 amide bonds. The quantitative estimate of drug-likeness (QED) is 0.850. The molecule has 1 aliphatic rings. The molecule has 1 aromatic carbocycles. The highest BCUT2D eigenvalue weighted by Gasteiger charge is 2.44. The summed E-state index contributed by atoms with van der Waals surface area (Å²) < 4.78 is 5.99. The first-order chi connectivity index (χ1) is 8.68. The average molecular weight is 312 g/mol. The average Bonchev–Trinajstić information content (AvgIpc) is 2.34. The number of rotatable bonds is 5. The molecule has 0 unspecified atom stereocenters. The molecule has 0 saturated heterocycles. The fourth-order valence-electron chi connectivity index (χ4n) is 2.35. The lowest BCUT2D eigenvalue weighted by Crippen LogP contribution is -2.46. The molecular formula is C14H18BrNO2. The van der Waals surface area contributed by atoms with E-state index in [-0.39, 0.29) is 11.4 Å². The van der Waals surface area contributed by atoms with Crippen LogP contribution < -0.4 is 5.32 Å². The van der Waals surface area contributed by atoms with Gasteiger partial charge in [-0.1, -0.05) is 40.5 Å². The predicted molar refractivity (Wildman–Crippen MR) is 74.1 cm³/mol. The van der Waals surface area contributed by atoms with Crippen LogP contribution in [0, 0.1) is 5.41 Å². The van der Waals surface area contributed by atoms with Crippen molar-refractivity contribution in [1.29, 1.82) is 0 Å². The highest BCUT2D eigenvalue weighted by molar-refractivity contribution is 9.10. The zero-order valence-electron chi connectivity index (χ0n) is 10.5. The van der Waals surface area contributed by atoms with Crippen LogP contribution in [-0.2, 0) is 16.1 Å². The van der Waals surface area contributed by atoms with E-state index < -0.39 is 0 Å². The summed E-state index contributed by atoms with van der Waals surface area (Å²) in [6, 6.07) is 8.11. The first-order valence-electron chi connectivity index (χ1n) is 6.20. The van der Waals surface area contributed by atoms with Crippen molar-refractivity contribution in [3.63, 3.8) is 0 Å². The van der Waals surface area contributed by atoms with Gasteiger partial charge >= 0.3 is 5.97 Å². The van der Waals surface area contributed by atoms with E-state index in [1.165, 1.54) is 12.7 Å². The summed E-state index contributed by atoms with van der Waals surface area (Å²) >= 11 is 3.52. The Kier molecular flexibility index (Phi) is 4.40. The molecule has 0 radical (unpaired) electrons. The molecule has 2 rings (SSSR count). The Morgan fingerprint density at radius 1 is 1.44 bits per heavy atom. The second kappa shape index (κ2) is 5.85. The van der Waals surface area contributed by atoms with Gasteiger partial charge in [-0.05, 0) is 24.5 Å². The van der Waals surface area contributed by atoms with Gasteiger partial charge in [0.2, 0.25) is 0 Å². The smallest absolute Gasteiger partial charge is 0.313 e. The van der Waals surface area contributed by atoms with Gasteiger partial charge in [0.1, 0.15) is 0 Å². The third-order valence-electron chi connectivity index (χ3n) is 3.67. The van der Waals surface area contributed by atoms with Crippen LogP contribution in [-0.4, -0.2) is 19.6 Å². The van der Waals surface area contributed by atoms with Crippen LogP contribution >= 0.6 is 15.9 Å². The third kappa shape index (κ3) is 2.75. The van der Waals surface area contributed by atoms with Gasteiger partial charge in [0.25, 0.3) is 0 Å². The highest BCUT2D eigenvalue weighted by atomic mass is 79.9. The Morgan fingerprint density at radius 3 is 2.72 bits per heavy atom. The van der Waals surface area contributed by atoms with Gasteiger partial charge in [-0.25, -0.2) is 0 Å². The number of ether oxygens (including phenoxy) is 1. The Balaban J connectivity index is 1.88. The van der Waals surface area contributed by atoms with E-state index in [2.05, 4.69) is 27.3 Å². The number of carbonyl (C=O) groups is 1. The number of carbonyl (C=O) groups excluding carboxylic acids is 1. The second-order valence-electron chi connectivity index (χ2n) is 4.82. The van der Waals surface area contributed by atoms with E-state index >= 15 is 0 Å². The highest BCUT2D eigenvalue weighted by Crippen LogP contribution is 2.41. The summed E-state index contributed by atoms with van der Waals surface area (Å²) in [5.41, 5.74) is 0.924. The standard InChI is InChI=1S/C14H18BrNO2/c1-18-13(17)14(7-4-8-14)10-16-9-11-5-2-3-6-12(11)15/h2-3,5-6,16H,4,7-10H2,1H3. The van der Waals surface area contributed by atoms with Gasteiger partial charge in [-0.2, -0.15) is 0 Å². The molecule has 1 fully saturated rings. The van der Waals surface area contributed by atoms with Gasteiger partial charge in [0.15, 0.2) is 0 Å². The number of nitrogens with one attached hydrogen (secondary N) is 1. The van der Waals surface area contributed by atoms with Gasteiger partial charge in [-0.15, -0.1) is 0 Å². The van der Waals surface area contributed by atoms with Gasteiger partial charge < -0.3 is 10.1 Å². The van der Waals surface area contributed by atoms with Gasteiger partial charge in [-0.3, -0.25) is 4.79 Å². The zero-order chi connectivity index (χ0) is 13.0. The number of esters is 1. The summed E-state index contributed by atoms with van der Waals surface area (Å²) in [5, 5.41) is 3.37. The van der Waals surface area contributed by atoms with Crippen molar-refractivity contribution in [2.24, 2.45) is 5.41 Å². The zero-order valence-corrected chi connectivity index (χ0v) is 12.1. The molecule has 1 N–H and O–H groups in total. The number of hydrogen-bond donors (Lipinski definition) is 1. The number of methoxy groups -OCH3 is 1. The Hall–Kier alpha value is -0.870. The molecule has 0 aliphatic heterocycles. The summed E-state index contributed by atoms with van der Waals surface area (Å²) in [7, 11) is 1.47. The molecule has 18 heavy (non-hydrogen) atoms. The van der Waals surface area contributed by atoms with Crippen LogP contribution in [0.5, 0.6) is 0 Å². The van der Waals surface area contributed by atoms with Gasteiger partial charge in [0, 0.05) is 17.6 Å². The Labute approximate surface area is 116 Å². The summed E-state index contributed by atoms with van der Waals surface area (Å²) in [5.74, 6) is -0.0756. The first kappa shape index (κ1) is 13.6. The van der Waals surface area contributed by atoms with Crippen molar-refractivity contribution in [1.82, 2.24) is 5.32 Å². The van der Waals surface area contributed by atoms with E-state index in [1.807, 2.05) is 18.2 Å². The van der Waals surface area contributed by atoms with Crippen LogP contribution in [0.2, 0.25) is 0 Å². The van der Waals surface area contributed by atoms with Gasteiger partial charge in [0.05, 0.1) is 12.5 Å². The lowest BCUT2D eigenvalue weighted by atomic mass is 9.68. The second-order valence-corrected chi connectivity index (χ2v) is 5.67. The fourth-order valence-corrected chi connectivity index (χ4v) is 2.78. The molecule has 3 nitrogen and oxygen atoms in total. The van der Waals surface area contributed by atoms with E-state index in [9.17, 15) is 4.79 Å². The van der Waals surface area contributed by atoms with Crippen LogP contribution in [0.1, 0.15) is 24.8 Å². The maximum atomic E-state index is 11.8. The minimum atomic E-state index is -0.282. The van der Waals surface area contributed by atoms with Crippen LogP contribution in [0.15, 0.2) is 28.7 Å². The van der Waals surface area contributed by atoms with Crippen LogP contribution in [0.4, 0.5) is 0 Å². The maximum Gasteiger partial charge on any atom is 0.313 e. The van der Waals surface area contributed by atoms with Crippen molar-refractivity contribution in [3.05, 3.63) is 34.3 Å². The molecule has 1 saturated carbocycles. The molecular weight excluding hydrogens is 294 g/mol. The van der Waals surface area contributed by atoms with E-state index in [4.69, 9.17) is 4.74 Å². The fraction of sp³-hybridized carbons (Fsp3) is 0.500. The Morgan fingerprint density at radius 2 is 2.17 bits per heavy atom. The monoisotopic (exact) mass is 311 g/mol. The first-order valence-corrected chi connectivity index (χ1v) is 7.00. The molecule has 0 aromatic heterocycles. The predicted octanol–water partition coefficient (Wildman–Crippen LogP) is 2.88. The minimum Gasteiger partial charge on any atom is -0.469 e. The normalized spacial score (nSPS) is 17.0. The molecule has 0 bridgehead atoms. The van der Waals surface area contributed by atoms with Crippen molar-refractivity contribution < 1.29 is 9.53 Å². The summed E-state index contributed by atoms with van der Waals surface area (Å²) in [4.78, 5) is 11.8. The SMILES string of the molecule is COC(=O)C1(CNCc2ccccc2Br)CCC1. The lowest BCUT2D eigenvalue weighted by Gasteiger charge is -2.39. The Bertz CT molecular complexity index is 430. The van der Waals surface area contributed by atoms with Crippen LogP contribution in [0.3, 0.4) is 0 Å². The molecule has 1 aromatic rings. The number of halogens is 1. The maximum absolute atomic E-state index is 11.8. The van der Waals surface area contributed by atoms with Crippen LogP contribution in [0.25, 0.3) is 0 Å². The van der Waals surface area contributed by atoms with Crippen molar-refractivity contribution >= 4 is 21.9 Å². The van der Waals surface area contributed by atoms with Crippen molar-refractivity contribution in [2.45, 2.75) is 25.8 Å². The van der Waals surface area contributed by atoms with E-state index in [1.54, 1.807) is 0 Å². The molecule has 0 heterocycles. The van der Waals surface area contributed by atoms with Crippen molar-refractivity contribution in [3.8, 4) is 0 Å². The molecule has 98 valence electrons. The van der Waals surface area contributed by atoms with E-state index in [0.29, 0.717) is 6.54 Å². The minimum absolute atomic E-state index is 0.0756. The molecule has 0 atom stereocenters. The summed E-state index contributed by atoms with van der Waals surface area (Å²) in [6.45, 7) is 1.46. The third-order valence-corrected chi connectivity index (χ3v) is 4.44. The summed E-state index contributed by atoms with van der Waals surface area (Å²) in [6.07, 6.45) is 2.98. The molecule has 0 spiro atoms.